The Balaban J connectivity index is 1.17. The van der Waals surface area contributed by atoms with Crippen LogP contribution in [0.25, 0.3) is 10.9 Å². The van der Waals surface area contributed by atoms with Crippen molar-refractivity contribution in [3.63, 3.8) is 0 Å². The van der Waals surface area contributed by atoms with E-state index in [0.29, 0.717) is 36.1 Å². The lowest BCUT2D eigenvalue weighted by Gasteiger charge is -2.32. The van der Waals surface area contributed by atoms with Crippen LogP contribution in [0.5, 0.6) is 0 Å². The monoisotopic (exact) mass is 1380 g/mol. The van der Waals surface area contributed by atoms with E-state index in [1.165, 1.54) is 17.4 Å². The van der Waals surface area contributed by atoms with Gasteiger partial charge in [0.25, 0.3) is 0 Å². The lowest BCUT2D eigenvalue weighted by molar-refractivity contribution is -0.152. The number of para-hydroxylation sites is 1. The molecule has 0 saturated carbocycles. The summed E-state index contributed by atoms with van der Waals surface area (Å²) in [7, 11) is 0. The molecule has 3 fully saturated rings. The summed E-state index contributed by atoms with van der Waals surface area (Å²) in [5.74, 6) is -11.3. The number of nitrogens with one attached hydrogen (secondary N) is 11. The molecule has 1 unspecified atom stereocenters. The van der Waals surface area contributed by atoms with Crippen LogP contribution >= 0.6 is 0 Å². The molecule has 12 amide bonds. The summed E-state index contributed by atoms with van der Waals surface area (Å²) in [5, 5.41) is 33.3. The molecule has 3 aliphatic heterocycles. The van der Waals surface area contributed by atoms with E-state index >= 15 is 4.79 Å². The van der Waals surface area contributed by atoms with Gasteiger partial charge in [-0.05, 0) is 75.0 Å². The highest BCUT2D eigenvalue weighted by molar-refractivity contribution is 6.00. The molecule has 0 bridgehead atoms. The molecule has 3 saturated heterocycles. The van der Waals surface area contributed by atoms with Crippen molar-refractivity contribution >= 4 is 93.7 Å². The first-order valence-corrected chi connectivity index (χ1v) is 33.2. The van der Waals surface area contributed by atoms with E-state index in [2.05, 4.69) is 68.0 Å². The lowest BCUT2D eigenvalue weighted by atomic mass is 10.0. The predicted octanol–water partition coefficient (Wildman–Crippen LogP) is -3.61. The van der Waals surface area contributed by atoms with Crippen molar-refractivity contribution in [2.45, 2.75) is 190 Å². The summed E-state index contributed by atoms with van der Waals surface area (Å²) in [6.07, 6.45) is 2.49. The number of fused-ring (bicyclic) bond motifs is 2. The first kappa shape index (κ1) is 75.9. The third kappa shape index (κ3) is 22.8. The van der Waals surface area contributed by atoms with E-state index in [-0.39, 0.29) is 96.2 Å². The molecule has 536 valence electrons. The lowest BCUT2D eigenvalue weighted by Crippen LogP contribution is -2.60. The number of aromatic nitrogens is 3. The Kier molecular flexibility index (Phi) is 28.6. The number of carbonyl (C=O) groups excluding carboxylic acids is 13. The van der Waals surface area contributed by atoms with Gasteiger partial charge in [-0.3, -0.25) is 67.3 Å². The molecule has 5 heterocycles. The van der Waals surface area contributed by atoms with E-state index in [1.807, 2.05) is 25.1 Å². The number of H-pyrrole nitrogens is 2. The minimum absolute atomic E-state index is 0.000220. The average Bonchev–Trinajstić information content (AvgIpc) is 1.59. The van der Waals surface area contributed by atoms with Gasteiger partial charge in [-0.1, -0.05) is 68.3 Å². The first-order chi connectivity index (χ1) is 47.4. The normalized spacial score (nSPS) is 22.6. The number of imidazole rings is 1. The summed E-state index contributed by atoms with van der Waals surface area (Å²) >= 11 is 0. The van der Waals surface area contributed by atoms with Crippen LogP contribution < -0.4 is 70.9 Å². The largest absolute Gasteiger partial charge is 0.391 e. The van der Waals surface area contributed by atoms with Crippen LogP contribution in [0.1, 0.15) is 121 Å². The highest BCUT2D eigenvalue weighted by Gasteiger charge is 2.45. The summed E-state index contributed by atoms with van der Waals surface area (Å²) in [4.78, 5) is 204. The number of nitrogens with two attached hydrogens (primary N) is 4. The number of likely N-dealkylation sites (tertiary alicyclic amines) is 1. The molecule has 2 aromatic heterocycles. The van der Waals surface area contributed by atoms with E-state index in [0.717, 1.165) is 22.7 Å². The fourth-order valence-corrected chi connectivity index (χ4v) is 12.2. The van der Waals surface area contributed by atoms with Gasteiger partial charge in [-0.2, -0.15) is 5.48 Å². The summed E-state index contributed by atoms with van der Waals surface area (Å²) in [6, 6.07) is 1.60. The van der Waals surface area contributed by atoms with Crippen LogP contribution in [0.3, 0.4) is 0 Å². The molecular weight excluding hydrogens is 1290 g/mol. The number of aliphatic hydroxyl groups is 1. The number of primary amides is 2. The summed E-state index contributed by atoms with van der Waals surface area (Å²) in [6.45, 7) is 2.56. The third-order valence-electron chi connectivity index (χ3n) is 17.2. The Morgan fingerprint density at radius 2 is 1.46 bits per heavy atom. The molecule has 7 rings (SSSR count). The summed E-state index contributed by atoms with van der Waals surface area (Å²) in [5.41, 5.74) is 27.3. The van der Waals surface area contributed by atoms with Gasteiger partial charge in [0.2, 0.25) is 70.9 Å². The van der Waals surface area contributed by atoms with Crippen LogP contribution in [0, 0.1) is 0 Å². The predicted molar refractivity (Wildman–Crippen MR) is 356 cm³/mol. The number of aromatic amines is 2. The molecule has 4 aromatic rings. The number of carbonyl (C=O) groups is 13. The fraction of sp³-hybridized carbons (Fsp3) is 0.523. The zero-order valence-electron chi connectivity index (χ0n) is 55.4. The second kappa shape index (κ2) is 37.3. The van der Waals surface area contributed by atoms with Gasteiger partial charge >= 0.3 is 5.97 Å². The highest BCUT2D eigenvalue weighted by Crippen LogP contribution is 2.25. The molecule has 0 radical (unpaired) electrons. The molecule has 2 aromatic carbocycles. The number of benzene rings is 2. The minimum atomic E-state index is -1.66. The van der Waals surface area contributed by atoms with Gasteiger partial charge in [0.15, 0.2) is 5.96 Å². The number of unbranched alkanes of at least 4 members (excludes halogenated alkanes) is 1. The molecule has 11 atom stereocenters. The number of hydroxylamine groups is 1. The second-order valence-corrected chi connectivity index (χ2v) is 24.9. The van der Waals surface area contributed by atoms with Gasteiger partial charge in [-0.15, -0.1) is 0 Å². The maximum absolute atomic E-state index is 15.2. The van der Waals surface area contributed by atoms with Gasteiger partial charge in [-0.25, -0.2) is 4.98 Å². The Hall–Kier alpha value is -10.5. The van der Waals surface area contributed by atoms with Crippen LogP contribution in [0.2, 0.25) is 0 Å². The van der Waals surface area contributed by atoms with Crippen molar-refractivity contribution in [1.29, 1.82) is 0 Å². The Morgan fingerprint density at radius 3 is 2.17 bits per heavy atom. The van der Waals surface area contributed by atoms with Crippen LogP contribution in [-0.2, 0) is 86.4 Å². The van der Waals surface area contributed by atoms with Crippen molar-refractivity contribution < 1.29 is 72.3 Å². The number of guanidine groups is 1. The van der Waals surface area contributed by atoms with Crippen LogP contribution in [0.15, 0.2) is 78.3 Å². The second-order valence-electron chi connectivity index (χ2n) is 24.9. The molecular formula is C65H91N19O15. The van der Waals surface area contributed by atoms with Gasteiger partial charge in [0.1, 0.15) is 60.4 Å². The highest BCUT2D eigenvalue weighted by atomic mass is 16.7. The van der Waals surface area contributed by atoms with Gasteiger partial charge in [0.05, 0.1) is 18.9 Å². The topological polar surface area (TPSA) is 527 Å². The molecule has 0 spiro atoms. The standard InChI is InChI=1S/C65H91N19O15/c1-3-4-17-44(78-61(95)51-21-13-26-83(51)64(98)50(29-39-33-70-35-73-39)82-60(94)49(31-53(66)87)75-36(2)85)56(90)79-46-22-23-54(88)99-74-25-11-10-19-43(55(67)89)76-59(93)48(28-38-32-72-42-18-9-8-16-41(38)42)80-57(91)45(20-12-24-71-65(68)69)77-58(92)47(27-37-14-6-5-7-15-37)81-62(96)52-30-40(86)34-84(52)63(46)97/h5-9,14-16,18,32-33,35,40,43-52,72,74,86H,3-4,10-13,17,19-31,34H2,1-2H3,(H2,66,87)(H2,67,89)(H,70,73)(H,75,85)(H,76,93)(H,77,92)(H,78,95)(H,79,90)(H,80,91)(H,81,96)(H,82,94)(H4,68,69,71)/t40?,43-,44-,45-,46-,47+,48-,49-,50-,51-,52-/m0/s1. The number of aliphatic imine (C=N–C) groups is 1. The van der Waals surface area contributed by atoms with E-state index in [1.54, 1.807) is 42.6 Å². The molecule has 0 aliphatic carbocycles. The number of aliphatic hydroxyl groups excluding tert-OH is 1. The summed E-state index contributed by atoms with van der Waals surface area (Å²) < 4.78 is 0. The molecule has 99 heavy (non-hydrogen) atoms. The minimum Gasteiger partial charge on any atom is -0.391 e. The first-order valence-electron chi connectivity index (χ1n) is 33.2. The SMILES string of the molecule is CCCC[C@H](NC(=O)[C@@H]1CCCN1C(=O)[C@H](Cc1cnc[nH]1)NC(=O)[C@H](CC(N)=O)NC(C)=O)C(=O)N[C@H]1CCC(=O)ONCCCC[C@@H](C(N)=O)NC(=O)[C@H](Cc2c[nH]c3ccccc23)NC(=O)[C@H](CCCN=C(N)N)NC(=O)[C@@H](Cc2ccccc2)NC(=O)[C@@H]2CC(O)CN2C1=O. The molecule has 34 heteroatoms. The van der Waals surface area contributed by atoms with E-state index in [4.69, 9.17) is 27.8 Å². The number of hydrogen-bond acceptors (Lipinski definition) is 18. The smallest absolute Gasteiger partial charge is 0.324 e. The number of nitrogens with zero attached hydrogens (tertiary/aromatic N) is 4. The zero-order chi connectivity index (χ0) is 71.7. The van der Waals surface area contributed by atoms with Crippen molar-refractivity contribution in [2.24, 2.45) is 27.9 Å². The Bertz CT molecular complexity index is 3510. The van der Waals surface area contributed by atoms with Crippen LogP contribution in [0.4, 0.5) is 0 Å². The van der Waals surface area contributed by atoms with Gasteiger partial charge in [0, 0.05) is 94.2 Å². The molecule has 34 nitrogen and oxygen atoms in total. The van der Waals surface area contributed by atoms with E-state index in [9.17, 15) is 62.6 Å². The number of rotatable bonds is 24. The maximum Gasteiger partial charge on any atom is 0.324 e. The third-order valence-corrected chi connectivity index (χ3v) is 17.2. The molecule has 20 N–H and O–H groups in total. The van der Waals surface area contributed by atoms with E-state index < -0.39 is 169 Å². The number of hydrogen-bond donors (Lipinski definition) is 16. The maximum atomic E-state index is 15.2. The quantitative estimate of drug-likeness (QED) is 0.0183. The number of amides is 12. The van der Waals surface area contributed by atoms with Crippen molar-refractivity contribution in [3.8, 4) is 0 Å². The van der Waals surface area contributed by atoms with Crippen molar-refractivity contribution in [2.75, 3.05) is 26.2 Å². The van der Waals surface area contributed by atoms with Crippen molar-refractivity contribution in [1.82, 2.24) is 72.8 Å². The molecule has 3 aliphatic rings. The fourth-order valence-electron chi connectivity index (χ4n) is 12.2. The average molecular weight is 1380 g/mol. The zero-order valence-corrected chi connectivity index (χ0v) is 55.4. The van der Waals surface area contributed by atoms with Crippen LogP contribution in [-0.4, -0.2) is 205 Å². The van der Waals surface area contributed by atoms with Crippen molar-refractivity contribution in [3.05, 3.63) is 90.1 Å². The Morgan fingerprint density at radius 1 is 0.758 bits per heavy atom. The Labute approximate surface area is 570 Å². The van der Waals surface area contributed by atoms with Gasteiger partial charge < -0.3 is 95.2 Å².